The molecule has 27 heavy (non-hydrogen) atoms. The van der Waals surface area contributed by atoms with Gasteiger partial charge >= 0.3 is 12.1 Å². The Kier molecular flexibility index (Phi) is 5.04. The summed E-state index contributed by atoms with van der Waals surface area (Å²) in [6.07, 6.45) is 2.94. The van der Waals surface area contributed by atoms with Gasteiger partial charge in [0.2, 0.25) is 10.0 Å². The maximum absolute atomic E-state index is 12.4. The summed E-state index contributed by atoms with van der Waals surface area (Å²) in [6, 6.07) is 3.81. The normalized spacial score (nSPS) is 22.6. The second-order valence-corrected chi connectivity index (χ2v) is 8.74. The maximum Gasteiger partial charge on any atom is 0.341 e. The monoisotopic (exact) mass is 397 g/mol. The lowest BCUT2D eigenvalue weighted by atomic mass is 9.79. The predicted molar refractivity (Wildman–Crippen MR) is 96.9 cm³/mol. The number of nitrogens with one attached hydrogen (secondary N) is 1. The number of rotatable bonds is 4. The van der Waals surface area contributed by atoms with Crippen molar-refractivity contribution < 1.29 is 27.9 Å². The van der Waals surface area contributed by atoms with Crippen LogP contribution in [-0.2, 0) is 22.0 Å². The fourth-order valence-electron chi connectivity index (χ4n) is 3.58. The molecule has 0 spiro atoms. The zero-order chi connectivity index (χ0) is 19.8. The van der Waals surface area contributed by atoms with E-state index >= 15 is 0 Å². The summed E-state index contributed by atoms with van der Waals surface area (Å²) in [7, 11) is -2.14. The van der Waals surface area contributed by atoms with Gasteiger partial charge in [0.05, 0.1) is 33.0 Å². The number of hydrogen-bond acceptors (Lipinski definition) is 6. The second-order valence-electron chi connectivity index (χ2n) is 6.84. The highest BCUT2D eigenvalue weighted by atomic mass is 32.2. The van der Waals surface area contributed by atoms with Crippen LogP contribution in [0.4, 0.5) is 9.59 Å². The van der Waals surface area contributed by atoms with Crippen LogP contribution in [0.1, 0.15) is 24.0 Å². The van der Waals surface area contributed by atoms with Crippen LogP contribution in [0.15, 0.2) is 18.2 Å². The number of urea groups is 2. The van der Waals surface area contributed by atoms with Crippen LogP contribution in [0.3, 0.4) is 0 Å². The molecular weight excluding hydrogens is 374 g/mol. The molecule has 1 atom stereocenters. The first kappa shape index (κ1) is 19.4. The molecule has 1 fully saturated rings. The number of fused-ring (bicyclic) bond motifs is 1. The molecular formula is C17H23N3O6S. The van der Waals surface area contributed by atoms with E-state index in [2.05, 4.69) is 5.32 Å². The lowest BCUT2D eigenvalue weighted by Gasteiger charge is -2.35. The molecule has 2 aliphatic rings. The third-order valence-corrected chi connectivity index (χ3v) is 6.14. The quantitative estimate of drug-likeness (QED) is 0.770. The van der Waals surface area contributed by atoms with E-state index in [-0.39, 0.29) is 19.6 Å². The van der Waals surface area contributed by atoms with E-state index in [0.717, 1.165) is 35.1 Å². The number of carbonyl (C=O) groups excluding carboxylic acids is 2. The van der Waals surface area contributed by atoms with Gasteiger partial charge in [-0.3, -0.25) is 0 Å². The second kappa shape index (κ2) is 7.01. The Morgan fingerprint density at radius 3 is 2.74 bits per heavy atom. The Morgan fingerprint density at radius 1 is 1.37 bits per heavy atom. The number of ether oxygens (including phenoxy) is 1. The van der Waals surface area contributed by atoms with Crippen molar-refractivity contribution in [2.24, 2.45) is 0 Å². The van der Waals surface area contributed by atoms with Crippen LogP contribution in [0.2, 0.25) is 0 Å². The van der Waals surface area contributed by atoms with Gasteiger partial charge in [-0.15, -0.1) is 0 Å². The SMILES string of the molecule is COc1ccc2c(c1)CCC[C@@]2(O)CNC(=O)N1CCN(S(C)(=O)=O)C1=O. The van der Waals surface area contributed by atoms with Crippen molar-refractivity contribution in [3.05, 3.63) is 29.3 Å². The minimum atomic E-state index is -3.71. The van der Waals surface area contributed by atoms with Gasteiger partial charge in [0, 0.05) is 0 Å². The first-order valence-corrected chi connectivity index (χ1v) is 10.5. The molecule has 0 radical (unpaired) electrons. The van der Waals surface area contributed by atoms with Crippen molar-refractivity contribution in [3.8, 4) is 5.75 Å². The molecule has 3 rings (SSSR count). The Balaban J connectivity index is 1.70. The smallest absolute Gasteiger partial charge is 0.341 e. The van der Waals surface area contributed by atoms with Crippen LogP contribution >= 0.6 is 0 Å². The molecule has 148 valence electrons. The fourth-order valence-corrected chi connectivity index (χ4v) is 4.37. The zero-order valence-electron chi connectivity index (χ0n) is 15.3. The van der Waals surface area contributed by atoms with Crippen molar-refractivity contribution in [1.29, 1.82) is 0 Å². The highest BCUT2D eigenvalue weighted by Crippen LogP contribution is 2.36. The summed E-state index contributed by atoms with van der Waals surface area (Å²) in [5.74, 6) is 0.700. The Labute approximate surface area is 157 Å². The number of amides is 4. The van der Waals surface area contributed by atoms with E-state index in [0.29, 0.717) is 16.5 Å². The van der Waals surface area contributed by atoms with Crippen molar-refractivity contribution in [2.45, 2.75) is 24.9 Å². The van der Waals surface area contributed by atoms with E-state index < -0.39 is 27.7 Å². The molecule has 1 aromatic carbocycles. The third kappa shape index (κ3) is 3.72. The number of nitrogens with zero attached hydrogens (tertiary/aromatic N) is 2. The first-order chi connectivity index (χ1) is 12.7. The van der Waals surface area contributed by atoms with Crippen LogP contribution in [0.5, 0.6) is 5.75 Å². The van der Waals surface area contributed by atoms with Crippen molar-refractivity contribution in [3.63, 3.8) is 0 Å². The zero-order valence-corrected chi connectivity index (χ0v) is 16.1. The Morgan fingerprint density at radius 2 is 2.11 bits per heavy atom. The molecule has 0 bridgehead atoms. The summed E-state index contributed by atoms with van der Waals surface area (Å²) in [5.41, 5.74) is 0.424. The molecule has 2 N–H and O–H groups in total. The first-order valence-electron chi connectivity index (χ1n) is 8.62. The Hall–Kier alpha value is -2.33. The molecule has 1 aliphatic carbocycles. The molecule has 10 heteroatoms. The van der Waals surface area contributed by atoms with Crippen LogP contribution in [0, 0.1) is 0 Å². The van der Waals surface area contributed by atoms with E-state index in [1.165, 1.54) is 0 Å². The average molecular weight is 397 g/mol. The van der Waals surface area contributed by atoms with Gasteiger partial charge in [-0.05, 0) is 42.5 Å². The van der Waals surface area contributed by atoms with Crippen LogP contribution in [-0.4, -0.2) is 67.8 Å². The summed E-state index contributed by atoms with van der Waals surface area (Å²) in [4.78, 5) is 25.3. The molecule has 1 heterocycles. The molecule has 9 nitrogen and oxygen atoms in total. The fraction of sp³-hybridized carbons (Fsp3) is 0.529. The summed E-state index contributed by atoms with van der Waals surface area (Å²) in [6.45, 7) is -0.171. The summed E-state index contributed by atoms with van der Waals surface area (Å²) < 4.78 is 29.0. The standard InChI is InChI=1S/C17H23N3O6S/c1-26-13-5-6-14-12(10-13)4-3-7-17(14,23)11-18-15(21)19-8-9-20(16(19)22)27(2,24)25/h5-6,10,23H,3-4,7-9,11H2,1-2H3,(H,18,21)/t17-/m1/s1. The Bertz CT molecular complexity index is 871. The summed E-state index contributed by atoms with van der Waals surface area (Å²) in [5, 5.41) is 13.6. The number of aryl methyl sites for hydroxylation is 1. The van der Waals surface area contributed by atoms with E-state index in [1.54, 1.807) is 19.2 Å². The number of hydrogen-bond donors (Lipinski definition) is 2. The minimum Gasteiger partial charge on any atom is -0.497 e. The summed E-state index contributed by atoms with van der Waals surface area (Å²) >= 11 is 0. The molecule has 0 unspecified atom stereocenters. The van der Waals surface area contributed by atoms with Gasteiger partial charge in [0.1, 0.15) is 11.4 Å². The molecule has 1 aliphatic heterocycles. The molecule has 1 aromatic rings. The number of sulfonamides is 1. The third-order valence-electron chi connectivity index (χ3n) is 5.00. The molecule has 1 saturated heterocycles. The highest BCUT2D eigenvalue weighted by Gasteiger charge is 2.40. The number of methoxy groups -OCH3 is 1. The molecule has 4 amide bonds. The molecule has 0 saturated carbocycles. The lowest BCUT2D eigenvalue weighted by Crippen LogP contribution is -2.49. The molecule has 0 aromatic heterocycles. The lowest BCUT2D eigenvalue weighted by molar-refractivity contribution is 0.0208. The highest BCUT2D eigenvalue weighted by molar-refractivity contribution is 7.88. The minimum absolute atomic E-state index is 0.0239. The maximum atomic E-state index is 12.4. The van der Waals surface area contributed by atoms with Crippen molar-refractivity contribution in [2.75, 3.05) is 33.0 Å². The van der Waals surface area contributed by atoms with Gasteiger partial charge in [-0.2, -0.15) is 0 Å². The van der Waals surface area contributed by atoms with Crippen LogP contribution < -0.4 is 10.1 Å². The van der Waals surface area contributed by atoms with Gasteiger partial charge in [0.25, 0.3) is 0 Å². The van der Waals surface area contributed by atoms with Gasteiger partial charge < -0.3 is 15.2 Å². The average Bonchev–Trinajstić information content (AvgIpc) is 3.01. The van der Waals surface area contributed by atoms with Crippen molar-refractivity contribution >= 4 is 22.1 Å². The van der Waals surface area contributed by atoms with E-state index in [1.807, 2.05) is 6.07 Å². The number of carbonyl (C=O) groups is 2. The number of benzene rings is 1. The van der Waals surface area contributed by atoms with Gasteiger partial charge in [-0.25, -0.2) is 27.2 Å². The van der Waals surface area contributed by atoms with E-state index in [9.17, 15) is 23.1 Å². The van der Waals surface area contributed by atoms with Gasteiger partial charge in [0.15, 0.2) is 0 Å². The van der Waals surface area contributed by atoms with Crippen molar-refractivity contribution in [1.82, 2.24) is 14.5 Å². The predicted octanol–water partition coefficient (Wildman–Crippen LogP) is 0.626. The van der Waals surface area contributed by atoms with Crippen LogP contribution in [0.25, 0.3) is 0 Å². The van der Waals surface area contributed by atoms with E-state index in [4.69, 9.17) is 4.74 Å². The largest absolute Gasteiger partial charge is 0.497 e. The van der Waals surface area contributed by atoms with Gasteiger partial charge in [-0.1, -0.05) is 6.07 Å². The topological polar surface area (TPSA) is 116 Å². The number of imide groups is 1. The number of aliphatic hydroxyl groups is 1.